The van der Waals surface area contributed by atoms with Gasteiger partial charge in [0.15, 0.2) is 0 Å². The smallest absolute Gasteiger partial charge is 0.270 e. The van der Waals surface area contributed by atoms with Gasteiger partial charge in [-0.25, -0.2) is 0 Å². The van der Waals surface area contributed by atoms with Crippen molar-refractivity contribution in [2.24, 2.45) is 0 Å². The molecular weight excluding hydrogens is 270 g/mol. The van der Waals surface area contributed by atoms with Gasteiger partial charge in [0.25, 0.3) is 5.69 Å². The molecule has 0 radical (unpaired) electrons. The monoisotopic (exact) mass is 283 g/mol. The van der Waals surface area contributed by atoms with Crippen molar-refractivity contribution in [3.05, 3.63) is 64.2 Å². The van der Waals surface area contributed by atoms with Crippen molar-refractivity contribution in [3.8, 4) is 11.8 Å². The van der Waals surface area contributed by atoms with Gasteiger partial charge in [0, 0.05) is 18.7 Å². The summed E-state index contributed by atoms with van der Waals surface area (Å²) < 4.78 is 5.51. The number of anilines is 1. The molecule has 2 aromatic carbocycles. The fraction of sp³-hybridized carbons (Fsp3) is 0.133. The highest BCUT2D eigenvalue weighted by atomic mass is 16.6. The zero-order valence-electron chi connectivity index (χ0n) is 11.2. The molecule has 1 N–H and O–H groups in total. The van der Waals surface area contributed by atoms with Gasteiger partial charge in [-0.15, -0.1) is 0 Å². The Bertz CT molecular complexity index is 666. The van der Waals surface area contributed by atoms with Crippen molar-refractivity contribution < 1.29 is 9.66 Å². The van der Waals surface area contributed by atoms with Crippen molar-refractivity contribution >= 4 is 11.4 Å². The Morgan fingerprint density at radius 1 is 1.24 bits per heavy atom. The Labute approximate surface area is 121 Å². The molecule has 0 aliphatic carbocycles. The van der Waals surface area contributed by atoms with Gasteiger partial charge in [-0.3, -0.25) is 10.1 Å². The maximum Gasteiger partial charge on any atom is 0.270 e. The maximum atomic E-state index is 10.7. The van der Waals surface area contributed by atoms with Gasteiger partial charge in [0.05, 0.1) is 16.2 Å². The number of nitriles is 1. The summed E-state index contributed by atoms with van der Waals surface area (Å²) in [6.45, 7) is 0.910. The molecule has 0 spiro atoms. The van der Waals surface area contributed by atoms with Crippen LogP contribution >= 0.6 is 0 Å². The molecule has 106 valence electrons. The van der Waals surface area contributed by atoms with E-state index in [1.165, 1.54) is 18.2 Å². The van der Waals surface area contributed by atoms with Crippen molar-refractivity contribution in [3.63, 3.8) is 0 Å². The summed E-state index contributed by atoms with van der Waals surface area (Å²) >= 11 is 0. The van der Waals surface area contributed by atoms with Crippen LogP contribution in [0.1, 0.15) is 5.56 Å². The molecule has 2 aromatic rings. The number of hydrogen-bond donors (Lipinski definition) is 1. The van der Waals surface area contributed by atoms with E-state index < -0.39 is 4.92 Å². The molecule has 0 heterocycles. The van der Waals surface area contributed by atoms with E-state index in [1.54, 1.807) is 0 Å². The molecule has 21 heavy (non-hydrogen) atoms. The van der Waals surface area contributed by atoms with Crippen LogP contribution in [0.3, 0.4) is 0 Å². The first-order valence-corrected chi connectivity index (χ1v) is 6.31. The predicted octanol–water partition coefficient (Wildman–Crippen LogP) is 2.96. The maximum absolute atomic E-state index is 10.7. The number of ether oxygens (including phenoxy) is 1. The Morgan fingerprint density at radius 2 is 2.00 bits per heavy atom. The number of nitrogens with one attached hydrogen (secondary N) is 1. The van der Waals surface area contributed by atoms with Crippen LogP contribution in [0.15, 0.2) is 48.5 Å². The third-order valence-corrected chi connectivity index (χ3v) is 2.76. The largest absolute Gasteiger partial charge is 0.492 e. The number of benzene rings is 2. The SMILES string of the molecule is N#Cc1cc([N+](=O)[O-])ccc1NCCOc1ccccc1. The number of non-ortho nitro benzene ring substituents is 1. The second kappa shape index (κ2) is 6.91. The molecule has 2 rings (SSSR count). The molecule has 0 unspecified atom stereocenters. The van der Waals surface area contributed by atoms with Crippen molar-refractivity contribution in [2.45, 2.75) is 0 Å². The molecule has 6 nitrogen and oxygen atoms in total. The zero-order valence-corrected chi connectivity index (χ0v) is 11.2. The molecular formula is C15H13N3O3. The van der Waals surface area contributed by atoms with Gasteiger partial charge in [-0.2, -0.15) is 5.26 Å². The van der Waals surface area contributed by atoms with Gasteiger partial charge >= 0.3 is 0 Å². The highest BCUT2D eigenvalue weighted by Crippen LogP contribution is 2.21. The topological polar surface area (TPSA) is 88.2 Å². The van der Waals surface area contributed by atoms with Crippen LogP contribution in [-0.4, -0.2) is 18.1 Å². The summed E-state index contributed by atoms with van der Waals surface area (Å²) in [7, 11) is 0. The summed E-state index contributed by atoms with van der Waals surface area (Å²) in [6, 6.07) is 15.5. The zero-order chi connectivity index (χ0) is 15.1. The quantitative estimate of drug-likeness (QED) is 0.500. The standard InChI is InChI=1S/C15H13N3O3/c16-11-12-10-13(18(19)20)6-7-15(12)17-8-9-21-14-4-2-1-3-5-14/h1-7,10,17H,8-9H2. The van der Waals surface area contributed by atoms with Crippen molar-refractivity contribution in [2.75, 3.05) is 18.5 Å². The third-order valence-electron chi connectivity index (χ3n) is 2.76. The van der Waals surface area contributed by atoms with E-state index >= 15 is 0 Å². The van der Waals surface area contributed by atoms with Gasteiger partial charge < -0.3 is 10.1 Å². The Kier molecular flexibility index (Phi) is 4.72. The summed E-state index contributed by atoms with van der Waals surface area (Å²) in [5.41, 5.74) is 0.696. The second-order valence-corrected chi connectivity index (χ2v) is 4.19. The fourth-order valence-electron chi connectivity index (χ4n) is 1.76. The van der Waals surface area contributed by atoms with E-state index in [4.69, 9.17) is 10.00 Å². The van der Waals surface area contributed by atoms with E-state index in [1.807, 2.05) is 36.4 Å². The molecule has 0 saturated carbocycles. The number of nitro groups is 1. The number of hydrogen-bond acceptors (Lipinski definition) is 5. The highest BCUT2D eigenvalue weighted by Gasteiger charge is 2.10. The van der Waals surface area contributed by atoms with E-state index in [0.717, 1.165) is 5.75 Å². The van der Waals surface area contributed by atoms with E-state index in [0.29, 0.717) is 18.8 Å². The second-order valence-electron chi connectivity index (χ2n) is 4.19. The minimum atomic E-state index is -0.525. The number of nitro benzene ring substituents is 1. The van der Waals surface area contributed by atoms with E-state index in [2.05, 4.69) is 5.32 Å². The molecule has 0 saturated heterocycles. The van der Waals surface area contributed by atoms with Crippen LogP contribution in [0.4, 0.5) is 11.4 Å². The average molecular weight is 283 g/mol. The summed E-state index contributed by atoms with van der Waals surface area (Å²) in [4.78, 5) is 10.1. The van der Waals surface area contributed by atoms with Gasteiger partial charge in [-0.1, -0.05) is 18.2 Å². The van der Waals surface area contributed by atoms with Crippen LogP contribution < -0.4 is 10.1 Å². The fourth-order valence-corrected chi connectivity index (χ4v) is 1.76. The number of rotatable bonds is 6. The molecule has 0 bridgehead atoms. The lowest BCUT2D eigenvalue weighted by Gasteiger charge is -2.09. The molecule has 0 aliphatic rings. The predicted molar refractivity (Wildman–Crippen MR) is 78.2 cm³/mol. The van der Waals surface area contributed by atoms with Crippen molar-refractivity contribution in [1.82, 2.24) is 0 Å². The number of para-hydroxylation sites is 1. The highest BCUT2D eigenvalue weighted by molar-refractivity contribution is 5.61. The number of nitrogens with zero attached hydrogens (tertiary/aromatic N) is 2. The summed E-state index contributed by atoms with van der Waals surface area (Å²) in [6.07, 6.45) is 0. The first-order chi connectivity index (χ1) is 10.2. The van der Waals surface area contributed by atoms with E-state index in [-0.39, 0.29) is 11.3 Å². The summed E-state index contributed by atoms with van der Waals surface area (Å²) in [5.74, 6) is 0.767. The van der Waals surface area contributed by atoms with E-state index in [9.17, 15) is 10.1 Å². The van der Waals surface area contributed by atoms with Gasteiger partial charge in [-0.05, 0) is 18.2 Å². The molecule has 0 aromatic heterocycles. The first-order valence-electron chi connectivity index (χ1n) is 6.31. The molecule has 0 aliphatic heterocycles. The van der Waals surface area contributed by atoms with Gasteiger partial charge in [0.1, 0.15) is 18.4 Å². The van der Waals surface area contributed by atoms with Crippen molar-refractivity contribution in [1.29, 1.82) is 5.26 Å². The average Bonchev–Trinajstić information content (AvgIpc) is 2.52. The molecule has 0 atom stereocenters. The van der Waals surface area contributed by atoms with Gasteiger partial charge in [0.2, 0.25) is 0 Å². The molecule has 0 fully saturated rings. The van der Waals surface area contributed by atoms with Crippen LogP contribution in [-0.2, 0) is 0 Å². The minimum Gasteiger partial charge on any atom is -0.492 e. The van der Waals surface area contributed by atoms with Crippen LogP contribution in [0.2, 0.25) is 0 Å². The Morgan fingerprint density at radius 3 is 2.67 bits per heavy atom. The summed E-state index contributed by atoms with van der Waals surface area (Å²) in [5, 5.41) is 22.7. The molecule has 0 amide bonds. The van der Waals surface area contributed by atoms with Crippen LogP contribution in [0.5, 0.6) is 5.75 Å². The normalized spacial score (nSPS) is 9.67. The third kappa shape index (κ3) is 3.94. The minimum absolute atomic E-state index is 0.0994. The Hall–Kier alpha value is -3.07. The lowest BCUT2D eigenvalue weighted by Crippen LogP contribution is -2.12. The lowest BCUT2D eigenvalue weighted by molar-refractivity contribution is -0.384. The van der Waals surface area contributed by atoms with Crippen LogP contribution in [0.25, 0.3) is 0 Å². The van der Waals surface area contributed by atoms with Crippen LogP contribution in [0, 0.1) is 21.4 Å². The lowest BCUT2D eigenvalue weighted by atomic mass is 10.1. The molecule has 6 heteroatoms. The Balaban J connectivity index is 1.91. The first kappa shape index (κ1) is 14.3.